The molecule has 7 heteroatoms. The fourth-order valence-electron chi connectivity index (χ4n) is 4.07. The van der Waals surface area contributed by atoms with E-state index in [4.69, 9.17) is 9.47 Å². The Labute approximate surface area is 210 Å². The van der Waals surface area contributed by atoms with Gasteiger partial charge in [0.2, 0.25) is 0 Å². The minimum Gasteiger partial charge on any atom is -0.466 e. The predicted octanol–water partition coefficient (Wildman–Crippen LogP) is 5.34. The number of dihydropyridines is 1. The highest BCUT2D eigenvalue weighted by atomic mass is 32.2. The third-order valence-electron chi connectivity index (χ3n) is 5.62. The van der Waals surface area contributed by atoms with Crippen LogP contribution < -0.4 is 5.32 Å². The highest BCUT2D eigenvalue weighted by molar-refractivity contribution is 7.99. The summed E-state index contributed by atoms with van der Waals surface area (Å²) in [6.45, 7) is 3.90. The number of carbonyl (C=O) groups is 2. The number of thioether (sulfide) groups is 2. The van der Waals surface area contributed by atoms with E-state index in [1.54, 1.807) is 30.4 Å². The van der Waals surface area contributed by atoms with Crippen LogP contribution in [0, 0.1) is 0 Å². The number of hydrogen-bond acceptors (Lipinski definition) is 7. The number of hydrogen-bond donors (Lipinski definition) is 1. The normalized spacial score (nSPS) is 15.7. The van der Waals surface area contributed by atoms with Crippen LogP contribution >= 0.6 is 23.5 Å². The topological polar surface area (TPSA) is 64.6 Å². The number of nitrogens with one attached hydrogen (secondary N) is 1. The quantitative estimate of drug-likeness (QED) is 0.270. The van der Waals surface area contributed by atoms with E-state index in [2.05, 4.69) is 17.4 Å². The van der Waals surface area contributed by atoms with E-state index in [1.165, 1.54) is 12.7 Å². The number of methoxy groups -OCH3 is 1. The van der Waals surface area contributed by atoms with Gasteiger partial charge in [0.05, 0.1) is 30.8 Å². The molecule has 1 aliphatic rings. The first-order valence-electron chi connectivity index (χ1n) is 11.2. The van der Waals surface area contributed by atoms with E-state index in [0.717, 1.165) is 28.3 Å². The van der Waals surface area contributed by atoms with E-state index in [0.29, 0.717) is 22.6 Å². The molecule has 0 bridgehead atoms. The van der Waals surface area contributed by atoms with Crippen LogP contribution in [0.25, 0.3) is 0 Å². The summed E-state index contributed by atoms with van der Waals surface area (Å²) < 4.78 is 10.6. The monoisotopic (exact) mass is 497 g/mol. The van der Waals surface area contributed by atoms with Crippen LogP contribution in [-0.2, 0) is 25.5 Å². The molecule has 0 aliphatic carbocycles. The van der Waals surface area contributed by atoms with Crippen LogP contribution in [0.2, 0.25) is 0 Å². The summed E-state index contributed by atoms with van der Waals surface area (Å²) in [5.74, 6) is 0.0717. The Hall–Kier alpha value is -2.64. The largest absolute Gasteiger partial charge is 0.466 e. The molecule has 5 nitrogen and oxygen atoms in total. The van der Waals surface area contributed by atoms with Crippen molar-refractivity contribution in [3.8, 4) is 0 Å². The summed E-state index contributed by atoms with van der Waals surface area (Å²) in [5.41, 5.74) is 4.56. The number of ether oxygens (including phenoxy) is 2. The number of allylic oxidation sites excluding steroid dienone is 1. The van der Waals surface area contributed by atoms with Gasteiger partial charge >= 0.3 is 11.9 Å². The Bertz CT molecular complexity index is 1080. The van der Waals surface area contributed by atoms with Gasteiger partial charge in [-0.1, -0.05) is 48.5 Å². The first-order chi connectivity index (χ1) is 16.5. The Morgan fingerprint density at radius 3 is 2.38 bits per heavy atom. The number of benzene rings is 2. The molecule has 1 N–H and O–H groups in total. The van der Waals surface area contributed by atoms with Crippen molar-refractivity contribution in [2.75, 3.05) is 31.5 Å². The van der Waals surface area contributed by atoms with Gasteiger partial charge in [-0.3, -0.25) is 0 Å². The van der Waals surface area contributed by atoms with Gasteiger partial charge in [0.25, 0.3) is 0 Å². The van der Waals surface area contributed by atoms with Gasteiger partial charge in [-0.25, -0.2) is 9.59 Å². The molecule has 0 radical (unpaired) electrons. The Balaban J connectivity index is 2.01. The van der Waals surface area contributed by atoms with Crippen LogP contribution in [0.3, 0.4) is 0 Å². The number of rotatable bonds is 10. The van der Waals surface area contributed by atoms with Gasteiger partial charge in [-0.05, 0) is 49.5 Å². The van der Waals surface area contributed by atoms with Crippen molar-refractivity contribution >= 4 is 35.5 Å². The standard InChI is InChI=1S/C27H31NO4S2/c1-5-32-27(30)25-21(17-34-16-15-19-11-7-6-8-12-19)28-18(2)23(26(29)31-3)24(25)20-13-9-10-14-22(20)33-4/h6-14,24,28H,5,15-17H2,1-4H3. The van der Waals surface area contributed by atoms with Crippen molar-refractivity contribution in [3.63, 3.8) is 0 Å². The second-order valence-electron chi connectivity index (χ2n) is 7.73. The van der Waals surface area contributed by atoms with Gasteiger partial charge in [-0.15, -0.1) is 11.8 Å². The minimum atomic E-state index is -0.568. The third-order valence-corrected chi connectivity index (χ3v) is 7.42. The van der Waals surface area contributed by atoms with Crippen molar-refractivity contribution in [2.45, 2.75) is 31.1 Å². The fourth-order valence-corrected chi connectivity index (χ4v) is 5.66. The summed E-state index contributed by atoms with van der Waals surface area (Å²) in [7, 11) is 1.36. The van der Waals surface area contributed by atoms with Gasteiger partial charge in [0, 0.05) is 22.0 Å². The molecule has 3 rings (SSSR count). The van der Waals surface area contributed by atoms with Gasteiger partial charge in [-0.2, -0.15) is 11.8 Å². The lowest BCUT2D eigenvalue weighted by Gasteiger charge is -2.32. The average Bonchev–Trinajstić information content (AvgIpc) is 2.86. The van der Waals surface area contributed by atoms with Crippen molar-refractivity contribution in [2.24, 2.45) is 0 Å². The van der Waals surface area contributed by atoms with Crippen LogP contribution in [-0.4, -0.2) is 43.4 Å². The van der Waals surface area contributed by atoms with E-state index in [-0.39, 0.29) is 6.61 Å². The molecule has 0 saturated heterocycles. The number of esters is 2. The van der Waals surface area contributed by atoms with Gasteiger partial charge in [0.1, 0.15) is 0 Å². The molecule has 0 spiro atoms. The fraction of sp³-hybridized carbons (Fsp3) is 0.333. The summed E-state index contributed by atoms with van der Waals surface area (Å²) in [6.07, 6.45) is 2.93. The SMILES string of the molecule is CCOC(=O)C1=C(CSCCc2ccccc2)NC(C)=C(C(=O)OC)C1c1ccccc1SC. The molecule has 34 heavy (non-hydrogen) atoms. The molecule has 1 heterocycles. The molecule has 180 valence electrons. The molecule has 0 aromatic heterocycles. The Morgan fingerprint density at radius 1 is 1.00 bits per heavy atom. The molecule has 1 aliphatic heterocycles. The molecule has 2 aromatic rings. The molecular weight excluding hydrogens is 466 g/mol. The zero-order valence-electron chi connectivity index (χ0n) is 20.1. The zero-order valence-corrected chi connectivity index (χ0v) is 21.7. The lowest BCUT2D eigenvalue weighted by molar-refractivity contribution is -0.139. The molecular formula is C27H31NO4S2. The van der Waals surface area contributed by atoms with E-state index in [1.807, 2.05) is 55.6 Å². The average molecular weight is 498 g/mol. The molecule has 0 saturated carbocycles. The summed E-state index contributed by atoms with van der Waals surface area (Å²) in [5, 5.41) is 3.34. The smallest absolute Gasteiger partial charge is 0.336 e. The van der Waals surface area contributed by atoms with Crippen molar-refractivity contribution in [1.82, 2.24) is 5.32 Å². The van der Waals surface area contributed by atoms with E-state index in [9.17, 15) is 9.59 Å². The first kappa shape index (κ1) is 26.0. The van der Waals surface area contributed by atoms with Crippen molar-refractivity contribution in [3.05, 3.63) is 88.3 Å². The Kier molecular flexibility index (Phi) is 9.72. The maximum absolute atomic E-state index is 13.3. The second kappa shape index (κ2) is 12.7. The number of aryl methyl sites for hydroxylation is 1. The second-order valence-corrected chi connectivity index (χ2v) is 9.68. The minimum absolute atomic E-state index is 0.254. The summed E-state index contributed by atoms with van der Waals surface area (Å²) in [6, 6.07) is 18.2. The lowest BCUT2D eigenvalue weighted by Crippen LogP contribution is -2.34. The lowest BCUT2D eigenvalue weighted by atomic mass is 9.80. The summed E-state index contributed by atoms with van der Waals surface area (Å²) in [4.78, 5) is 27.2. The maximum atomic E-state index is 13.3. The molecule has 0 fully saturated rings. The van der Waals surface area contributed by atoms with Crippen LogP contribution in [0.5, 0.6) is 0 Å². The summed E-state index contributed by atoms with van der Waals surface area (Å²) >= 11 is 3.33. The number of carbonyl (C=O) groups excluding carboxylic acids is 2. The van der Waals surface area contributed by atoms with Crippen LogP contribution in [0.15, 0.2) is 82.0 Å². The molecule has 1 atom stereocenters. The van der Waals surface area contributed by atoms with Gasteiger partial charge < -0.3 is 14.8 Å². The Morgan fingerprint density at radius 2 is 1.71 bits per heavy atom. The van der Waals surface area contributed by atoms with Crippen LogP contribution in [0.1, 0.15) is 30.9 Å². The maximum Gasteiger partial charge on any atom is 0.336 e. The van der Waals surface area contributed by atoms with Crippen molar-refractivity contribution < 1.29 is 19.1 Å². The third kappa shape index (κ3) is 6.07. The van der Waals surface area contributed by atoms with Crippen molar-refractivity contribution in [1.29, 1.82) is 0 Å². The predicted molar refractivity (Wildman–Crippen MR) is 140 cm³/mol. The highest BCUT2D eigenvalue weighted by Crippen LogP contribution is 2.43. The first-order valence-corrected chi connectivity index (χ1v) is 13.6. The molecule has 0 amide bonds. The zero-order chi connectivity index (χ0) is 24.5. The van der Waals surface area contributed by atoms with Gasteiger partial charge in [0.15, 0.2) is 0 Å². The van der Waals surface area contributed by atoms with E-state index >= 15 is 0 Å². The molecule has 1 unspecified atom stereocenters. The van der Waals surface area contributed by atoms with E-state index < -0.39 is 17.9 Å². The highest BCUT2D eigenvalue weighted by Gasteiger charge is 2.39. The van der Waals surface area contributed by atoms with Crippen LogP contribution in [0.4, 0.5) is 0 Å². The molecule has 2 aromatic carbocycles.